The van der Waals surface area contributed by atoms with Gasteiger partial charge in [0, 0.05) is 6.04 Å². The lowest BCUT2D eigenvalue weighted by atomic mass is 10.1. The highest BCUT2D eigenvalue weighted by Crippen LogP contribution is 2.13. The molecule has 1 rings (SSSR count). The van der Waals surface area contributed by atoms with Gasteiger partial charge in [0.05, 0.1) is 11.6 Å². The van der Waals surface area contributed by atoms with Crippen LogP contribution in [0.5, 0.6) is 0 Å². The number of benzene rings is 1. The minimum absolute atomic E-state index is 0.243. The normalized spacial score (nSPS) is 12.2. The van der Waals surface area contributed by atoms with Crippen LogP contribution in [0.1, 0.15) is 24.1 Å². The van der Waals surface area contributed by atoms with Gasteiger partial charge in [-0.15, -0.1) is 0 Å². The number of nitrogens with zero attached hydrogens (tertiary/aromatic N) is 1. The fraction of sp³-hybridized carbons (Fsp3) is 0.222. The lowest BCUT2D eigenvalue weighted by Crippen LogP contribution is -2.05. The Balaban J connectivity index is 3.17. The predicted molar refractivity (Wildman–Crippen MR) is 43.7 cm³/mol. The van der Waals surface area contributed by atoms with Crippen molar-refractivity contribution in [2.24, 2.45) is 5.73 Å². The maximum Gasteiger partial charge on any atom is 0.124 e. The van der Waals surface area contributed by atoms with Gasteiger partial charge < -0.3 is 5.73 Å². The summed E-state index contributed by atoms with van der Waals surface area (Å²) in [6.07, 6.45) is 0. The van der Waals surface area contributed by atoms with E-state index < -0.39 is 5.82 Å². The smallest absolute Gasteiger partial charge is 0.124 e. The minimum Gasteiger partial charge on any atom is -0.324 e. The van der Waals surface area contributed by atoms with Crippen LogP contribution in [-0.2, 0) is 0 Å². The maximum absolute atomic E-state index is 12.8. The number of halogens is 1. The summed E-state index contributed by atoms with van der Waals surface area (Å²) in [7, 11) is 0. The first-order valence-electron chi connectivity index (χ1n) is 3.59. The molecule has 0 fully saturated rings. The first-order chi connectivity index (χ1) is 5.63. The van der Waals surface area contributed by atoms with E-state index in [4.69, 9.17) is 11.0 Å². The molecule has 0 radical (unpaired) electrons. The van der Waals surface area contributed by atoms with Gasteiger partial charge in [0.1, 0.15) is 5.82 Å². The Morgan fingerprint density at radius 1 is 1.50 bits per heavy atom. The Bertz CT molecular complexity index is 326. The molecule has 0 saturated heterocycles. The van der Waals surface area contributed by atoms with Gasteiger partial charge in [-0.2, -0.15) is 5.26 Å². The Labute approximate surface area is 70.4 Å². The van der Waals surface area contributed by atoms with Crippen LogP contribution in [0.3, 0.4) is 0 Å². The third kappa shape index (κ3) is 1.80. The summed E-state index contributed by atoms with van der Waals surface area (Å²) in [5, 5.41) is 8.51. The zero-order chi connectivity index (χ0) is 9.14. The molecule has 0 aromatic heterocycles. The van der Waals surface area contributed by atoms with Gasteiger partial charge in [0.2, 0.25) is 0 Å². The van der Waals surface area contributed by atoms with Gasteiger partial charge in [-0.1, -0.05) is 0 Å². The molecular formula is C9H9FN2. The monoisotopic (exact) mass is 164 g/mol. The Hall–Kier alpha value is -1.40. The highest BCUT2D eigenvalue weighted by atomic mass is 19.1. The van der Waals surface area contributed by atoms with E-state index in [0.717, 1.165) is 0 Å². The number of nitrogens with two attached hydrogens (primary N) is 1. The van der Waals surface area contributed by atoms with Gasteiger partial charge in [-0.25, -0.2) is 4.39 Å². The Kier molecular flexibility index (Phi) is 2.41. The van der Waals surface area contributed by atoms with Gasteiger partial charge in [-0.05, 0) is 30.7 Å². The molecule has 3 heteroatoms. The molecule has 2 N–H and O–H groups in total. The fourth-order valence-electron chi connectivity index (χ4n) is 0.940. The second-order valence-electron chi connectivity index (χ2n) is 2.67. The SMILES string of the molecule is C[C@H](N)c1cc(F)cc(C#N)c1. The number of hydrogen-bond donors (Lipinski definition) is 1. The van der Waals surface area contributed by atoms with Gasteiger partial charge in [0.15, 0.2) is 0 Å². The predicted octanol–water partition coefficient (Wildman–Crippen LogP) is 1.72. The number of nitriles is 1. The molecule has 0 amide bonds. The molecule has 1 atom stereocenters. The molecule has 62 valence electrons. The van der Waals surface area contributed by atoms with Crippen LogP contribution in [0.4, 0.5) is 4.39 Å². The zero-order valence-corrected chi connectivity index (χ0v) is 6.71. The third-order valence-corrected chi connectivity index (χ3v) is 1.57. The highest BCUT2D eigenvalue weighted by Gasteiger charge is 2.03. The summed E-state index contributed by atoms with van der Waals surface area (Å²) in [6.45, 7) is 1.75. The molecular weight excluding hydrogens is 155 g/mol. The molecule has 0 unspecified atom stereocenters. The van der Waals surface area contributed by atoms with Gasteiger partial charge in [0.25, 0.3) is 0 Å². The van der Waals surface area contributed by atoms with E-state index >= 15 is 0 Å². The average molecular weight is 164 g/mol. The molecule has 2 nitrogen and oxygen atoms in total. The van der Waals surface area contributed by atoms with Crippen LogP contribution in [0, 0.1) is 17.1 Å². The van der Waals surface area contributed by atoms with Crippen LogP contribution >= 0.6 is 0 Å². The van der Waals surface area contributed by atoms with Gasteiger partial charge >= 0.3 is 0 Å². The molecule has 0 bridgehead atoms. The second-order valence-corrected chi connectivity index (χ2v) is 2.67. The molecule has 0 aliphatic carbocycles. The van der Waals surface area contributed by atoms with Crippen LogP contribution in [-0.4, -0.2) is 0 Å². The first-order valence-corrected chi connectivity index (χ1v) is 3.59. The van der Waals surface area contributed by atoms with Crippen molar-refractivity contribution < 1.29 is 4.39 Å². The van der Waals surface area contributed by atoms with Crippen molar-refractivity contribution in [2.75, 3.05) is 0 Å². The van der Waals surface area contributed by atoms with Crippen molar-refractivity contribution in [1.29, 1.82) is 5.26 Å². The van der Waals surface area contributed by atoms with Crippen molar-refractivity contribution in [3.63, 3.8) is 0 Å². The van der Waals surface area contributed by atoms with Crippen LogP contribution < -0.4 is 5.73 Å². The van der Waals surface area contributed by atoms with Crippen LogP contribution in [0.2, 0.25) is 0 Å². The molecule has 0 spiro atoms. The molecule has 0 aliphatic rings. The molecule has 12 heavy (non-hydrogen) atoms. The molecule has 0 heterocycles. The second kappa shape index (κ2) is 3.33. The minimum atomic E-state index is -0.415. The van der Waals surface area contributed by atoms with Crippen LogP contribution in [0.15, 0.2) is 18.2 Å². The van der Waals surface area contributed by atoms with Gasteiger partial charge in [-0.3, -0.25) is 0 Å². The van der Waals surface area contributed by atoms with E-state index in [-0.39, 0.29) is 6.04 Å². The summed E-state index contributed by atoms with van der Waals surface area (Å²) in [5.41, 5.74) is 6.48. The fourth-order valence-corrected chi connectivity index (χ4v) is 0.940. The molecule has 1 aromatic carbocycles. The van der Waals surface area contributed by atoms with Crippen molar-refractivity contribution in [2.45, 2.75) is 13.0 Å². The Morgan fingerprint density at radius 2 is 2.17 bits per heavy atom. The number of hydrogen-bond acceptors (Lipinski definition) is 2. The van der Waals surface area contributed by atoms with E-state index in [1.165, 1.54) is 12.1 Å². The average Bonchev–Trinajstić information content (AvgIpc) is 2.03. The lowest BCUT2D eigenvalue weighted by Gasteiger charge is -2.05. The van der Waals surface area contributed by atoms with E-state index in [1.54, 1.807) is 13.0 Å². The summed E-state index contributed by atoms with van der Waals surface area (Å²) in [6, 6.07) is 5.74. The topological polar surface area (TPSA) is 49.8 Å². The van der Waals surface area contributed by atoms with Crippen LogP contribution in [0.25, 0.3) is 0 Å². The number of rotatable bonds is 1. The summed E-state index contributed by atoms with van der Waals surface area (Å²) < 4.78 is 12.8. The molecule has 1 aromatic rings. The largest absolute Gasteiger partial charge is 0.324 e. The zero-order valence-electron chi connectivity index (χ0n) is 6.71. The van der Waals surface area contributed by atoms with E-state index in [9.17, 15) is 4.39 Å². The standard InChI is InChI=1S/C9H9FN2/c1-6(12)8-2-7(5-11)3-9(10)4-8/h2-4,6H,12H2,1H3/t6-/m0/s1. The summed E-state index contributed by atoms with van der Waals surface area (Å²) in [5.74, 6) is -0.415. The quantitative estimate of drug-likeness (QED) is 0.687. The molecule has 0 saturated carbocycles. The van der Waals surface area contributed by atoms with Crippen molar-refractivity contribution >= 4 is 0 Å². The molecule has 0 aliphatic heterocycles. The summed E-state index contributed by atoms with van der Waals surface area (Å²) >= 11 is 0. The van der Waals surface area contributed by atoms with Crippen molar-refractivity contribution in [3.8, 4) is 6.07 Å². The van der Waals surface area contributed by atoms with Crippen molar-refractivity contribution in [1.82, 2.24) is 0 Å². The maximum atomic E-state index is 12.8. The summed E-state index contributed by atoms with van der Waals surface area (Å²) in [4.78, 5) is 0. The third-order valence-electron chi connectivity index (χ3n) is 1.57. The van der Waals surface area contributed by atoms with Crippen molar-refractivity contribution in [3.05, 3.63) is 35.1 Å². The van der Waals surface area contributed by atoms with E-state index in [0.29, 0.717) is 11.1 Å². The lowest BCUT2D eigenvalue weighted by molar-refractivity contribution is 0.622. The van der Waals surface area contributed by atoms with E-state index in [2.05, 4.69) is 0 Å². The Morgan fingerprint density at radius 3 is 2.67 bits per heavy atom. The first kappa shape index (κ1) is 8.69. The van der Waals surface area contributed by atoms with E-state index in [1.807, 2.05) is 6.07 Å². The highest BCUT2D eigenvalue weighted by molar-refractivity contribution is 5.34.